The van der Waals surface area contributed by atoms with Gasteiger partial charge in [0.1, 0.15) is 0 Å². The van der Waals surface area contributed by atoms with Crippen molar-refractivity contribution in [3.8, 4) is 0 Å². The van der Waals surface area contributed by atoms with E-state index in [2.05, 4.69) is 0 Å². The van der Waals surface area contributed by atoms with Crippen molar-refractivity contribution in [1.82, 2.24) is 3.94 Å². The highest BCUT2D eigenvalue weighted by Crippen LogP contribution is 2.69. The fraction of sp³-hybridized carbons (Fsp3) is 1.00. The van der Waals surface area contributed by atoms with Crippen molar-refractivity contribution >= 4 is 174 Å². The Balaban J connectivity index is 6.24. The number of rotatable bonds is 5. The van der Waals surface area contributed by atoms with Crippen LogP contribution in [0.3, 0.4) is 0 Å². The van der Waals surface area contributed by atoms with E-state index in [0.717, 1.165) is 0 Å². The summed E-state index contributed by atoms with van der Waals surface area (Å²) in [5.41, 5.74) is 0. The van der Waals surface area contributed by atoms with Gasteiger partial charge in [0.25, 0.3) is 0 Å². The lowest BCUT2D eigenvalue weighted by molar-refractivity contribution is 0.429. The summed E-state index contributed by atoms with van der Waals surface area (Å²) in [6.07, 6.45) is 0. The van der Waals surface area contributed by atoms with Crippen LogP contribution < -0.4 is 0 Å². The predicted octanol–water partition coefficient (Wildman–Crippen LogP) is 8.79. The van der Waals surface area contributed by atoms with Crippen LogP contribution in [0.5, 0.6) is 0 Å². The monoisotopic (exact) mass is 611 g/mol. The quantitative estimate of drug-likeness (QED) is 0.169. The summed E-state index contributed by atoms with van der Waals surface area (Å²) >= 11 is 87.0. The standard InChI is InChI=1S/C6Cl15N/c7-1(8,3(11,12)5(15,16)17)2(9,10)4(13,14)6(18,19)22(20)21. The van der Waals surface area contributed by atoms with Crippen LogP contribution >= 0.6 is 174 Å². The molecule has 0 aliphatic carbocycles. The van der Waals surface area contributed by atoms with Crippen LogP contribution in [-0.2, 0) is 0 Å². The first kappa shape index (κ1) is 26.3. The maximum atomic E-state index is 6.02. The van der Waals surface area contributed by atoms with Gasteiger partial charge in [0.2, 0.25) is 16.9 Å². The lowest BCUT2D eigenvalue weighted by atomic mass is 10.1. The van der Waals surface area contributed by atoms with Crippen LogP contribution in [0.15, 0.2) is 0 Å². The molecule has 0 fully saturated rings. The molecule has 0 bridgehead atoms. The second-order valence-electron chi connectivity index (χ2n) is 3.57. The van der Waals surface area contributed by atoms with Gasteiger partial charge in [0.15, 0.2) is 8.67 Å². The molecule has 0 amide bonds. The van der Waals surface area contributed by atoms with E-state index in [1.807, 2.05) is 0 Å². The fourth-order valence-corrected chi connectivity index (χ4v) is 4.73. The van der Waals surface area contributed by atoms with Crippen LogP contribution in [-0.4, -0.2) is 29.5 Å². The van der Waals surface area contributed by atoms with Crippen molar-refractivity contribution in [2.24, 2.45) is 0 Å². The third-order valence-corrected chi connectivity index (χ3v) is 11.4. The molecule has 22 heavy (non-hydrogen) atoms. The molecule has 0 aliphatic heterocycles. The minimum atomic E-state index is -2.79. The first-order valence-corrected chi connectivity index (χ1v) is 9.86. The zero-order valence-electron chi connectivity index (χ0n) is 9.12. The molecule has 0 rings (SSSR count). The highest BCUT2D eigenvalue weighted by Gasteiger charge is 2.77. The predicted molar refractivity (Wildman–Crippen MR) is 106 cm³/mol. The van der Waals surface area contributed by atoms with Gasteiger partial charge in [-0.2, -0.15) is 0 Å². The van der Waals surface area contributed by atoms with Gasteiger partial charge in [-0.15, -0.1) is 0 Å². The Morgan fingerprint density at radius 1 is 0.409 bits per heavy atom. The van der Waals surface area contributed by atoms with E-state index < -0.39 is 25.6 Å². The van der Waals surface area contributed by atoms with Crippen molar-refractivity contribution in [2.75, 3.05) is 0 Å². The van der Waals surface area contributed by atoms with Crippen molar-refractivity contribution in [3.05, 3.63) is 0 Å². The Bertz CT molecular complexity index is 405. The van der Waals surface area contributed by atoms with E-state index in [1.165, 1.54) is 0 Å². The smallest absolute Gasteiger partial charge is 0.0946 e. The lowest BCUT2D eigenvalue weighted by Crippen LogP contribution is -2.67. The van der Waals surface area contributed by atoms with E-state index >= 15 is 0 Å². The maximum Gasteiger partial charge on any atom is 0.234 e. The molecular weight excluding hydrogens is 618 g/mol. The molecule has 0 radical (unpaired) electrons. The first-order chi connectivity index (χ1) is 9.19. The molecule has 0 heterocycles. The Morgan fingerprint density at radius 3 is 0.909 bits per heavy atom. The number of hydrogen-bond donors (Lipinski definition) is 0. The zero-order valence-corrected chi connectivity index (χ0v) is 20.5. The minimum absolute atomic E-state index is 0.124. The number of nitrogens with zero attached hydrogens (tertiary/aromatic N) is 1. The van der Waals surface area contributed by atoms with Gasteiger partial charge < -0.3 is 0 Å². The number of hydrogen-bond acceptors (Lipinski definition) is 1. The average molecular weight is 618 g/mol. The summed E-state index contributed by atoms with van der Waals surface area (Å²) in [7, 11) is 0. The van der Waals surface area contributed by atoms with E-state index in [4.69, 9.17) is 174 Å². The summed E-state index contributed by atoms with van der Waals surface area (Å²) in [6.45, 7) is 0. The second-order valence-corrected chi connectivity index (χ2v) is 13.3. The molecule has 0 saturated heterocycles. The van der Waals surface area contributed by atoms with Crippen molar-refractivity contribution < 1.29 is 0 Å². The van der Waals surface area contributed by atoms with Crippen LogP contribution in [0.2, 0.25) is 0 Å². The van der Waals surface area contributed by atoms with Crippen LogP contribution in [0, 0.1) is 0 Å². The average Bonchev–Trinajstić information content (AvgIpc) is 2.25. The fourth-order valence-electron chi connectivity index (χ4n) is 0.867. The van der Waals surface area contributed by atoms with Gasteiger partial charge in [-0.25, -0.2) is 0 Å². The topological polar surface area (TPSA) is 3.24 Å². The molecule has 0 aromatic heterocycles. The Hall–Kier alpha value is 4.31. The Morgan fingerprint density at radius 2 is 0.682 bits per heavy atom. The molecule has 0 atom stereocenters. The number of halogens is 15. The summed E-state index contributed by atoms with van der Waals surface area (Å²) in [5.74, 6) is 0. The van der Waals surface area contributed by atoms with Crippen LogP contribution in [0.4, 0.5) is 0 Å². The van der Waals surface area contributed by atoms with Gasteiger partial charge in [-0.3, -0.25) is 0 Å². The van der Waals surface area contributed by atoms with Crippen molar-refractivity contribution in [1.29, 1.82) is 0 Å². The molecule has 134 valence electrons. The SMILES string of the molecule is ClN(Cl)C(Cl)(Cl)C(Cl)(Cl)C(Cl)(Cl)C(Cl)(Cl)C(Cl)(Cl)C(Cl)(Cl)Cl. The first-order valence-electron chi connectivity index (χ1n) is 4.27. The number of alkyl halides is 13. The summed E-state index contributed by atoms with van der Waals surface area (Å²) in [4.78, 5) is 0. The molecular formula is C6Cl15N. The molecule has 0 aromatic rings. The molecule has 0 saturated carbocycles. The van der Waals surface area contributed by atoms with Crippen molar-refractivity contribution in [3.63, 3.8) is 0 Å². The summed E-state index contributed by atoms with van der Waals surface area (Å²) < 4.78 is -15.9. The Labute approximate surface area is 201 Å². The normalized spacial score (nSPS) is 16.4. The van der Waals surface area contributed by atoms with Crippen LogP contribution in [0.1, 0.15) is 0 Å². The van der Waals surface area contributed by atoms with Gasteiger partial charge >= 0.3 is 0 Å². The minimum Gasteiger partial charge on any atom is -0.0946 e. The maximum absolute atomic E-state index is 6.02. The summed E-state index contributed by atoms with van der Waals surface area (Å²) in [5, 5.41) is 0. The van der Waals surface area contributed by atoms with Gasteiger partial charge in [-0.05, 0) is 23.6 Å². The highest BCUT2D eigenvalue weighted by molar-refractivity contribution is 6.82. The molecule has 0 N–H and O–H groups in total. The highest BCUT2D eigenvalue weighted by atomic mass is 35.6. The van der Waals surface area contributed by atoms with Crippen LogP contribution in [0.25, 0.3) is 0 Å². The molecule has 0 spiro atoms. The van der Waals surface area contributed by atoms with Gasteiger partial charge in [-0.1, -0.05) is 155 Å². The van der Waals surface area contributed by atoms with E-state index in [1.54, 1.807) is 0 Å². The van der Waals surface area contributed by atoms with E-state index in [9.17, 15) is 0 Å². The molecule has 0 aromatic carbocycles. The van der Waals surface area contributed by atoms with Gasteiger partial charge in [0, 0.05) is 0 Å². The molecule has 16 heteroatoms. The molecule has 1 nitrogen and oxygen atoms in total. The molecule has 0 unspecified atom stereocenters. The third-order valence-electron chi connectivity index (χ3n) is 2.13. The zero-order chi connectivity index (χ0) is 18.6. The van der Waals surface area contributed by atoms with E-state index in [-0.39, 0.29) is 3.94 Å². The molecule has 0 aliphatic rings. The lowest BCUT2D eigenvalue weighted by Gasteiger charge is -2.50. The largest absolute Gasteiger partial charge is 0.234 e. The summed E-state index contributed by atoms with van der Waals surface area (Å²) in [6, 6.07) is 0. The van der Waals surface area contributed by atoms with Crippen molar-refractivity contribution in [2.45, 2.75) is 25.6 Å². The Kier molecular flexibility index (Phi) is 9.54. The second kappa shape index (κ2) is 7.97. The van der Waals surface area contributed by atoms with Gasteiger partial charge in [0.05, 0.1) is 0 Å². The third kappa shape index (κ3) is 4.32. The van der Waals surface area contributed by atoms with E-state index in [0.29, 0.717) is 0 Å².